The lowest BCUT2D eigenvalue weighted by atomic mass is 10.2. The second-order valence-corrected chi connectivity index (χ2v) is 4.37. The first-order chi connectivity index (χ1) is 8.39. The Hall–Kier alpha value is -1.14. The van der Waals surface area contributed by atoms with E-state index >= 15 is 0 Å². The zero-order valence-corrected chi connectivity index (χ0v) is 10.6. The fourth-order valence-electron chi connectivity index (χ4n) is 1.43. The van der Waals surface area contributed by atoms with E-state index in [0.29, 0.717) is 12.2 Å². The fraction of sp³-hybridized carbons (Fsp3) is 0.583. The highest BCUT2D eigenvalue weighted by Gasteiger charge is 2.30. The molecule has 0 aliphatic carbocycles. The minimum atomic E-state index is -4.31. The lowest BCUT2D eigenvalue weighted by Gasteiger charge is -2.10. The summed E-state index contributed by atoms with van der Waals surface area (Å²) in [6.07, 6.45) is -2.45. The van der Waals surface area contributed by atoms with E-state index in [2.05, 4.69) is 15.2 Å². The molecular weight excluding hydrogens is 243 g/mol. The van der Waals surface area contributed by atoms with Gasteiger partial charge in [-0.15, -0.1) is 0 Å². The minimum absolute atomic E-state index is 0.492. The molecule has 0 bridgehead atoms. The van der Waals surface area contributed by atoms with Crippen molar-refractivity contribution < 1.29 is 13.2 Å². The summed E-state index contributed by atoms with van der Waals surface area (Å²) >= 11 is 0. The minimum Gasteiger partial charge on any atom is -0.311 e. The predicted octanol–water partition coefficient (Wildman–Crippen LogP) is 2.14. The van der Waals surface area contributed by atoms with E-state index in [4.69, 9.17) is 0 Å². The average molecular weight is 261 g/mol. The Morgan fingerprint density at radius 1 is 1.28 bits per heavy atom. The molecular formula is C12H18F3N3. The molecule has 0 aliphatic rings. The molecule has 6 heteroatoms. The van der Waals surface area contributed by atoms with Gasteiger partial charge >= 0.3 is 6.18 Å². The summed E-state index contributed by atoms with van der Waals surface area (Å²) in [6.45, 7) is 2.29. The molecule has 0 amide bonds. The van der Waals surface area contributed by atoms with Crippen molar-refractivity contribution in [1.82, 2.24) is 15.2 Å². The molecule has 0 fully saturated rings. The van der Waals surface area contributed by atoms with E-state index in [0.717, 1.165) is 31.8 Å². The molecule has 3 nitrogen and oxygen atoms in total. The Kier molecular flexibility index (Phi) is 5.55. The summed E-state index contributed by atoms with van der Waals surface area (Å²) in [7, 11) is 3.99. The number of hydrogen-bond donors (Lipinski definition) is 1. The lowest BCUT2D eigenvalue weighted by molar-refractivity contribution is -0.137. The first-order valence-corrected chi connectivity index (χ1v) is 5.77. The molecule has 0 aliphatic heterocycles. The number of aromatic nitrogens is 1. The lowest BCUT2D eigenvalue weighted by Crippen LogP contribution is -2.21. The van der Waals surface area contributed by atoms with Crippen LogP contribution < -0.4 is 5.32 Å². The van der Waals surface area contributed by atoms with E-state index in [9.17, 15) is 13.2 Å². The first kappa shape index (κ1) is 14.9. The van der Waals surface area contributed by atoms with Gasteiger partial charge in [0.15, 0.2) is 0 Å². The summed E-state index contributed by atoms with van der Waals surface area (Å²) in [6, 6.07) is 2.46. The zero-order valence-electron chi connectivity index (χ0n) is 10.6. The third-order valence-corrected chi connectivity index (χ3v) is 2.42. The third kappa shape index (κ3) is 5.46. The van der Waals surface area contributed by atoms with Crippen LogP contribution >= 0.6 is 0 Å². The molecule has 0 saturated heterocycles. The normalized spacial score (nSPS) is 12.1. The Morgan fingerprint density at radius 2 is 2.00 bits per heavy atom. The maximum absolute atomic E-state index is 12.3. The van der Waals surface area contributed by atoms with E-state index in [-0.39, 0.29) is 0 Å². The van der Waals surface area contributed by atoms with Crippen molar-refractivity contribution in [3.05, 3.63) is 29.6 Å². The van der Waals surface area contributed by atoms with Gasteiger partial charge in [0.25, 0.3) is 0 Å². The van der Waals surface area contributed by atoms with Crippen molar-refractivity contribution in [2.24, 2.45) is 0 Å². The maximum atomic E-state index is 12.3. The van der Waals surface area contributed by atoms with Gasteiger partial charge in [-0.25, -0.2) is 0 Å². The zero-order chi connectivity index (χ0) is 13.6. The number of hydrogen-bond acceptors (Lipinski definition) is 3. The van der Waals surface area contributed by atoms with Crippen molar-refractivity contribution in [2.75, 3.05) is 27.2 Å². The van der Waals surface area contributed by atoms with Crippen LogP contribution in [0.4, 0.5) is 13.2 Å². The van der Waals surface area contributed by atoms with Gasteiger partial charge in [0, 0.05) is 12.7 Å². The van der Waals surface area contributed by atoms with Crippen molar-refractivity contribution in [3.63, 3.8) is 0 Å². The van der Waals surface area contributed by atoms with Crippen LogP contribution in [0.25, 0.3) is 0 Å². The molecule has 0 atom stereocenters. The molecule has 1 N–H and O–H groups in total. The van der Waals surface area contributed by atoms with Gasteiger partial charge in [-0.2, -0.15) is 13.2 Å². The van der Waals surface area contributed by atoms with Crippen molar-refractivity contribution in [1.29, 1.82) is 0 Å². The highest BCUT2D eigenvalue weighted by molar-refractivity contribution is 5.16. The largest absolute Gasteiger partial charge is 0.417 e. The molecule has 0 saturated carbocycles. The Balaban J connectivity index is 2.31. The van der Waals surface area contributed by atoms with Crippen LogP contribution in [0.15, 0.2) is 18.3 Å². The number of pyridine rings is 1. The van der Waals surface area contributed by atoms with E-state index < -0.39 is 11.7 Å². The number of nitrogens with zero attached hydrogens (tertiary/aromatic N) is 2. The topological polar surface area (TPSA) is 28.2 Å². The molecule has 18 heavy (non-hydrogen) atoms. The van der Waals surface area contributed by atoms with Crippen LogP contribution in [0, 0.1) is 0 Å². The van der Waals surface area contributed by atoms with E-state index in [1.165, 1.54) is 6.07 Å². The van der Waals surface area contributed by atoms with Crippen LogP contribution in [-0.2, 0) is 12.7 Å². The van der Waals surface area contributed by atoms with Crippen molar-refractivity contribution in [3.8, 4) is 0 Å². The molecule has 1 rings (SSSR count). The average Bonchev–Trinajstić information content (AvgIpc) is 2.27. The number of alkyl halides is 3. The molecule has 1 aromatic rings. The van der Waals surface area contributed by atoms with E-state index in [1.807, 2.05) is 14.1 Å². The second kappa shape index (κ2) is 6.70. The standard InChI is InChI=1S/C12H18F3N3/c1-18(2)7-3-6-16-9-11-5-4-10(8-17-11)12(13,14)15/h4-5,8,16H,3,6-7,9H2,1-2H3. The van der Waals surface area contributed by atoms with E-state index in [1.54, 1.807) is 0 Å². The summed E-state index contributed by atoms with van der Waals surface area (Å²) in [5.74, 6) is 0. The number of halogens is 3. The summed E-state index contributed by atoms with van der Waals surface area (Å²) in [5.41, 5.74) is -0.0910. The van der Waals surface area contributed by atoms with Gasteiger partial charge in [0.05, 0.1) is 11.3 Å². The highest BCUT2D eigenvalue weighted by Crippen LogP contribution is 2.28. The van der Waals surface area contributed by atoms with Crippen molar-refractivity contribution in [2.45, 2.75) is 19.1 Å². The molecule has 0 radical (unpaired) electrons. The molecule has 1 heterocycles. The smallest absolute Gasteiger partial charge is 0.311 e. The summed E-state index contributed by atoms with van der Waals surface area (Å²) < 4.78 is 36.9. The van der Waals surface area contributed by atoms with Gasteiger partial charge in [-0.05, 0) is 45.7 Å². The third-order valence-electron chi connectivity index (χ3n) is 2.42. The van der Waals surface area contributed by atoms with Crippen LogP contribution in [0.3, 0.4) is 0 Å². The highest BCUT2D eigenvalue weighted by atomic mass is 19.4. The van der Waals surface area contributed by atoms with Gasteiger partial charge in [-0.1, -0.05) is 0 Å². The Morgan fingerprint density at radius 3 is 2.50 bits per heavy atom. The predicted molar refractivity (Wildman–Crippen MR) is 64.1 cm³/mol. The first-order valence-electron chi connectivity index (χ1n) is 5.77. The molecule has 0 aromatic carbocycles. The molecule has 102 valence electrons. The summed E-state index contributed by atoms with van der Waals surface area (Å²) in [4.78, 5) is 5.87. The fourth-order valence-corrected chi connectivity index (χ4v) is 1.43. The van der Waals surface area contributed by atoms with Gasteiger partial charge in [0.2, 0.25) is 0 Å². The monoisotopic (exact) mass is 261 g/mol. The van der Waals surface area contributed by atoms with Crippen LogP contribution in [0.1, 0.15) is 17.7 Å². The van der Waals surface area contributed by atoms with Gasteiger partial charge in [-0.3, -0.25) is 4.98 Å². The maximum Gasteiger partial charge on any atom is 0.417 e. The summed E-state index contributed by atoms with van der Waals surface area (Å²) in [5, 5.41) is 3.14. The van der Waals surface area contributed by atoms with Crippen LogP contribution in [0.5, 0.6) is 0 Å². The number of nitrogens with one attached hydrogen (secondary N) is 1. The van der Waals surface area contributed by atoms with Gasteiger partial charge in [0.1, 0.15) is 0 Å². The SMILES string of the molecule is CN(C)CCCNCc1ccc(C(F)(F)F)cn1. The van der Waals surface area contributed by atoms with Crippen molar-refractivity contribution >= 4 is 0 Å². The molecule has 1 aromatic heterocycles. The van der Waals surface area contributed by atoms with Gasteiger partial charge < -0.3 is 10.2 Å². The van der Waals surface area contributed by atoms with Crippen LogP contribution in [-0.4, -0.2) is 37.1 Å². The van der Waals surface area contributed by atoms with Crippen LogP contribution in [0.2, 0.25) is 0 Å². The Labute approximate surface area is 105 Å². The molecule has 0 spiro atoms. The number of rotatable bonds is 6. The molecule has 0 unspecified atom stereocenters. The second-order valence-electron chi connectivity index (χ2n) is 4.37. The quantitative estimate of drug-likeness (QED) is 0.795. The Bertz CT molecular complexity index is 347.